The van der Waals surface area contributed by atoms with Gasteiger partial charge in [-0.05, 0) is 19.8 Å². The van der Waals surface area contributed by atoms with Crippen molar-refractivity contribution in [3.05, 3.63) is 11.4 Å². The molecule has 1 aromatic rings. The lowest BCUT2D eigenvalue weighted by Crippen LogP contribution is -2.20. The summed E-state index contributed by atoms with van der Waals surface area (Å²) in [6.45, 7) is 10.3. The second-order valence-electron chi connectivity index (χ2n) is 6.26. The van der Waals surface area contributed by atoms with E-state index in [2.05, 4.69) is 38.0 Å². The predicted octanol–water partition coefficient (Wildman–Crippen LogP) is 3.40. The topological polar surface area (TPSA) is 47.0 Å². The van der Waals surface area contributed by atoms with E-state index in [0.29, 0.717) is 5.25 Å². The molecule has 0 aliphatic carbocycles. The Morgan fingerprint density at radius 1 is 1.20 bits per heavy atom. The molecule has 2 rings (SSSR count). The second-order valence-corrected chi connectivity index (χ2v) is 7.54. The highest BCUT2D eigenvalue weighted by Gasteiger charge is 2.23. The van der Waals surface area contributed by atoms with Crippen molar-refractivity contribution < 1.29 is 4.74 Å². The maximum atomic E-state index is 5.43. The van der Waals surface area contributed by atoms with Crippen LogP contribution in [-0.4, -0.2) is 35.5 Å². The summed E-state index contributed by atoms with van der Waals surface area (Å²) in [5, 5.41) is 4.91. The van der Waals surface area contributed by atoms with Crippen LogP contribution in [0.1, 0.15) is 45.0 Å². The molecule has 1 aromatic heterocycles. The monoisotopic (exact) mass is 295 g/mol. The van der Waals surface area contributed by atoms with Gasteiger partial charge in [0.2, 0.25) is 0 Å². The first-order chi connectivity index (χ1) is 9.41. The van der Waals surface area contributed by atoms with E-state index in [0.717, 1.165) is 48.3 Å². The zero-order valence-corrected chi connectivity index (χ0v) is 13.9. The SMILES string of the molecule is CNc1nc(C(C)(C)C)nc(SC2CCOCC2)c1C. The summed E-state index contributed by atoms with van der Waals surface area (Å²) in [7, 11) is 1.92. The number of hydrogen-bond donors (Lipinski definition) is 1. The normalized spacial score (nSPS) is 17.2. The molecule has 1 aliphatic heterocycles. The zero-order valence-electron chi connectivity index (χ0n) is 13.1. The molecular weight excluding hydrogens is 270 g/mol. The molecule has 2 heterocycles. The van der Waals surface area contributed by atoms with Crippen molar-refractivity contribution in [2.24, 2.45) is 0 Å². The van der Waals surface area contributed by atoms with Gasteiger partial charge in [-0.15, -0.1) is 11.8 Å². The largest absolute Gasteiger partial charge is 0.381 e. The highest BCUT2D eigenvalue weighted by Crippen LogP contribution is 2.34. The van der Waals surface area contributed by atoms with E-state index in [1.165, 1.54) is 0 Å². The van der Waals surface area contributed by atoms with Gasteiger partial charge in [0.05, 0.1) is 0 Å². The number of nitrogens with one attached hydrogen (secondary N) is 1. The van der Waals surface area contributed by atoms with E-state index in [1.54, 1.807) is 0 Å². The first-order valence-corrected chi connectivity index (χ1v) is 8.11. The van der Waals surface area contributed by atoms with Crippen LogP contribution in [0.2, 0.25) is 0 Å². The summed E-state index contributed by atoms with van der Waals surface area (Å²) in [5.74, 6) is 1.85. The van der Waals surface area contributed by atoms with Gasteiger partial charge in [0.1, 0.15) is 16.7 Å². The van der Waals surface area contributed by atoms with Crippen molar-refractivity contribution in [1.29, 1.82) is 0 Å². The lowest BCUT2D eigenvalue weighted by Gasteiger charge is -2.24. The van der Waals surface area contributed by atoms with Crippen LogP contribution in [0.5, 0.6) is 0 Å². The molecule has 1 fully saturated rings. The van der Waals surface area contributed by atoms with Crippen molar-refractivity contribution in [2.45, 2.75) is 56.2 Å². The van der Waals surface area contributed by atoms with Crippen LogP contribution in [0.4, 0.5) is 5.82 Å². The lowest BCUT2D eigenvalue weighted by atomic mass is 9.95. The molecular formula is C15H25N3OS. The number of thioether (sulfide) groups is 1. The van der Waals surface area contributed by atoms with Gasteiger partial charge in [-0.3, -0.25) is 0 Å². The van der Waals surface area contributed by atoms with Crippen molar-refractivity contribution in [3.8, 4) is 0 Å². The minimum absolute atomic E-state index is 0.0374. The minimum Gasteiger partial charge on any atom is -0.381 e. The van der Waals surface area contributed by atoms with Gasteiger partial charge in [-0.2, -0.15) is 0 Å². The summed E-state index contributed by atoms with van der Waals surface area (Å²) in [5.41, 5.74) is 1.11. The molecule has 112 valence electrons. The van der Waals surface area contributed by atoms with E-state index in [4.69, 9.17) is 9.72 Å². The maximum absolute atomic E-state index is 5.43. The highest BCUT2D eigenvalue weighted by molar-refractivity contribution is 7.99. The van der Waals surface area contributed by atoms with Crippen LogP contribution in [0, 0.1) is 6.92 Å². The Labute approximate surface area is 126 Å². The number of aromatic nitrogens is 2. The number of nitrogens with zero attached hydrogens (tertiary/aromatic N) is 2. The molecule has 0 spiro atoms. The fourth-order valence-electron chi connectivity index (χ4n) is 2.14. The molecule has 0 aromatic carbocycles. The lowest BCUT2D eigenvalue weighted by molar-refractivity contribution is 0.1000. The Bertz CT molecular complexity index is 465. The van der Waals surface area contributed by atoms with Gasteiger partial charge in [0, 0.05) is 36.5 Å². The summed E-state index contributed by atoms with van der Waals surface area (Å²) in [4.78, 5) is 9.47. The fourth-order valence-corrected chi connectivity index (χ4v) is 3.30. The molecule has 5 heteroatoms. The van der Waals surface area contributed by atoms with Gasteiger partial charge in [-0.25, -0.2) is 9.97 Å². The van der Waals surface area contributed by atoms with Crippen molar-refractivity contribution >= 4 is 17.6 Å². The van der Waals surface area contributed by atoms with E-state index in [-0.39, 0.29) is 5.41 Å². The van der Waals surface area contributed by atoms with Gasteiger partial charge >= 0.3 is 0 Å². The molecule has 0 atom stereocenters. The van der Waals surface area contributed by atoms with E-state index < -0.39 is 0 Å². The Balaban J connectivity index is 2.30. The van der Waals surface area contributed by atoms with Crippen LogP contribution in [0.25, 0.3) is 0 Å². The average Bonchev–Trinajstić information content (AvgIpc) is 2.41. The quantitative estimate of drug-likeness (QED) is 0.866. The summed E-state index contributed by atoms with van der Waals surface area (Å²) < 4.78 is 5.43. The van der Waals surface area contributed by atoms with E-state index in [9.17, 15) is 0 Å². The number of anilines is 1. The van der Waals surface area contributed by atoms with Crippen LogP contribution in [0.3, 0.4) is 0 Å². The smallest absolute Gasteiger partial charge is 0.137 e. The van der Waals surface area contributed by atoms with Crippen LogP contribution in [0.15, 0.2) is 5.03 Å². The van der Waals surface area contributed by atoms with Crippen molar-refractivity contribution in [2.75, 3.05) is 25.6 Å². The number of hydrogen-bond acceptors (Lipinski definition) is 5. The van der Waals surface area contributed by atoms with Crippen LogP contribution >= 0.6 is 11.8 Å². The Hall–Kier alpha value is -0.810. The molecule has 0 unspecified atom stereocenters. The number of rotatable bonds is 3. The van der Waals surface area contributed by atoms with Crippen molar-refractivity contribution in [3.63, 3.8) is 0 Å². The Morgan fingerprint density at radius 3 is 2.40 bits per heavy atom. The zero-order chi connectivity index (χ0) is 14.8. The highest BCUT2D eigenvalue weighted by atomic mass is 32.2. The van der Waals surface area contributed by atoms with Gasteiger partial charge in [0.15, 0.2) is 0 Å². The van der Waals surface area contributed by atoms with Crippen LogP contribution in [-0.2, 0) is 10.2 Å². The standard InChI is InChI=1S/C15H25N3OS/c1-10-12(16-5)17-14(15(2,3)4)18-13(10)20-11-6-8-19-9-7-11/h11H,6-9H2,1-5H3,(H,16,17,18). The third kappa shape index (κ3) is 3.64. The van der Waals surface area contributed by atoms with E-state index in [1.807, 2.05) is 18.8 Å². The van der Waals surface area contributed by atoms with Crippen molar-refractivity contribution in [1.82, 2.24) is 9.97 Å². The predicted molar refractivity (Wildman–Crippen MR) is 84.7 cm³/mol. The molecule has 1 saturated heterocycles. The molecule has 20 heavy (non-hydrogen) atoms. The summed E-state index contributed by atoms with van der Waals surface area (Å²) in [6.07, 6.45) is 2.21. The third-order valence-electron chi connectivity index (χ3n) is 3.46. The number of ether oxygens (including phenoxy) is 1. The fraction of sp³-hybridized carbons (Fsp3) is 0.733. The molecule has 0 amide bonds. The Morgan fingerprint density at radius 2 is 1.85 bits per heavy atom. The molecule has 1 N–H and O–H groups in total. The molecule has 4 nitrogen and oxygen atoms in total. The average molecular weight is 295 g/mol. The molecule has 0 radical (unpaired) electrons. The first-order valence-electron chi connectivity index (χ1n) is 7.23. The summed E-state index contributed by atoms with van der Waals surface area (Å²) in [6, 6.07) is 0. The Kier molecular flexibility index (Phi) is 4.91. The molecule has 0 saturated carbocycles. The van der Waals surface area contributed by atoms with Crippen LogP contribution < -0.4 is 5.32 Å². The van der Waals surface area contributed by atoms with Gasteiger partial charge in [-0.1, -0.05) is 20.8 Å². The summed E-state index contributed by atoms with van der Waals surface area (Å²) >= 11 is 1.88. The van der Waals surface area contributed by atoms with Gasteiger partial charge in [0.25, 0.3) is 0 Å². The minimum atomic E-state index is -0.0374. The van der Waals surface area contributed by atoms with Gasteiger partial charge < -0.3 is 10.1 Å². The maximum Gasteiger partial charge on any atom is 0.137 e. The molecule has 0 bridgehead atoms. The first kappa shape index (κ1) is 15.6. The molecule has 1 aliphatic rings. The van der Waals surface area contributed by atoms with E-state index >= 15 is 0 Å². The third-order valence-corrected chi connectivity index (χ3v) is 4.88. The second kappa shape index (κ2) is 6.31.